The minimum absolute atomic E-state index is 0.0117. The quantitative estimate of drug-likeness (QED) is 0.839. The first-order valence-electron chi connectivity index (χ1n) is 5.57. The van der Waals surface area contributed by atoms with Gasteiger partial charge in [0, 0.05) is 6.04 Å². The van der Waals surface area contributed by atoms with Gasteiger partial charge < -0.3 is 9.84 Å². The summed E-state index contributed by atoms with van der Waals surface area (Å²) in [5.74, 6) is 0. The van der Waals surface area contributed by atoms with Crippen LogP contribution in [0.4, 0.5) is 10.5 Å². The molecule has 0 bridgehead atoms. The third kappa shape index (κ3) is 3.20. The van der Waals surface area contributed by atoms with Gasteiger partial charge in [0.05, 0.1) is 23.7 Å². The van der Waals surface area contributed by atoms with Crippen LogP contribution >= 0.6 is 0 Å². The maximum Gasteiger partial charge on any atom is 0.411 e. The molecule has 1 heterocycles. The first-order valence-corrected chi connectivity index (χ1v) is 5.57. The number of nitrogens with one attached hydrogen (secondary N) is 1. The van der Waals surface area contributed by atoms with Crippen molar-refractivity contribution in [3.63, 3.8) is 0 Å². The second-order valence-corrected chi connectivity index (χ2v) is 4.07. The molecular formula is C11H19N3O3. The molecule has 0 radical (unpaired) electrons. The number of aromatic nitrogens is 2. The maximum atomic E-state index is 11.4. The fourth-order valence-corrected chi connectivity index (χ4v) is 1.62. The Balaban J connectivity index is 2.81. The van der Waals surface area contributed by atoms with Crippen LogP contribution in [0.25, 0.3) is 0 Å². The van der Waals surface area contributed by atoms with Crippen molar-refractivity contribution in [1.29, 1.82) is 0 Å². The van der Waals surface area contributed by atoms with Crippen molar-refractivity contribution in [3.8, 4) is 0 Å². The average molecular weight is 241 g/mol. The van der Waals surface area contributed by atoms with Crippen molar-refractivity contribution in [2.45, 2.75) is 33.7 Å². The SMILES string of the molecule is Cc1nn(C(C)C)c(C)c1NC(=O)OCCO. The van der Waals surface area contributed by atoms with Crippen LogP contribution in [0.15, 0.2) is 0 Å². The standard InChI is InChI=1S/C11H19N3O3/c1-7(2)14-9(4)10(8(3)13-14)12-11(16)17-6-5-15/h7,15H,5-6H2,1-4H3,(H,12,16). The number of aliphatic hydroxyl groups is 1. The van der Waals surface area contributed by atoms with Crippen molar-refractivity contribution in [1.82, 2.24) is 9.78 Å². The number of rotatable bonds is 4. The number of hydrogen-bond donors (Lipinski definition) is 2. The highest BCUT2D eigenvalue weighted by Crippen LogP contribution is 2.22. The fraction of sp³-hybridized carbons (Fsp3) is 0.636. The predicted molar refractivity (Wildman–Crippen MR) is 64.1 cm³/mol. The van der Waals surface area contributed by atoms with E-state index in [-0.39, 0.29) is 19.3 Å². The zero-order valence-electron chi connectivity index (χ0n) is 10.6. The number of ether oxygens (including phenoxy) is 1. The van der Waals surface area contributed by atoms with Gasteiger partial charge in [-0.25, -0.2) is 4.79 Å². The Bertz CT molecular complexity index is 399. The van der Waals surface area contributed by atoms with Gasteiger partial charge in [-0.3, -0.25) is 10.00 Å². The number of amides is 1. The van der Waals surface area contributed by atoms with Crippen LogP contribution in [-0.2, 0) is 4.74 Å². The molecule has 0 aliphatic carbocycles. The van der Waals surface area contributed by atoms with Crippen LogP contribution < -0.4 is 5.32 Å². The van der Waals surface area contributed by atoms with Crippen LogP contribution in [0.1, 0.15) is 31.3 Å². The number of carbonyl (C=O) groups excluding carboxylic acids is 1. The number of nitrogens with zero attached hydrogens (tertiary/aromatic N) is 2. The molecule has 6 heteroatoms. The van der Waals surface area contributed by atoms with E-state index in [4.69, 9.17) is 9.84 Å². The number of hydrogen-bond acceptors (Lipinski definition) is 4. The van der Waals surface area contributed by atoms with Gasteiger partial charge >= 0.3 is 6.09 Å². The number of anilines is 1. The second kappa shape index (κ2) is 5.67. The summed E-state index contributed by atoms with van der Waals surface area (Å²) < 4.78 is 6.58. The monoisotopic (exact) mass is 241 g/mol. The lowest BCUT2D eigenvalue weighted by atomic mass is 10.3. The molecule has 2 N–H and O–H groups in total. The molecule has 0 unspecified atom stereocenters. The Morgan fingerprint density at radius 3 is 2.65 bits per heavy atom. The van der Waals surface area contributed by atoms with E-state index in [9.17, 15) is 4.79 Å². The zero-order valence-corrected chi connectivity index (χ0v) is 10.6. The Hall–Kier alpha value is -1.56. The summed E-state index contributed by atoms with van der Waals surface area (Å²) in [6.07, 6.45) is -0.575. The molecule has 96 valence electrons. The molecule has 0 aromatic carbocycles. The van der Waals surface area contributed by atoms with Crippen molar-refractivity contribution >= 4 is 11.8 Å². The van der Waals surface area contributed by atoms with Gasteiger partial charge in [-0.05, 0) is 27.7 Å². The number of aryl methyl sites for hydroxylation is 1. The van der Waals surface area contributed by atoms with E-state index in [0.717, 1.165) is 11.4 Å². The van der Waals surface area contributed by atoms with E-state index in [2.05, 4.69) is 10.4 Å². The van der Waals surface area contributed by atoms with Gasteiger partial charge in [0.15, 0.2) is 0 Å². The highest BCUT2D eigenvalue weighted by atomic mass is 16.6. The van der Waals surface area contributed by atoms with E-state index in [1.807, 2.05) is 32.4 Å². The van der Waals surface area contributed by atoms with Crippen molar-refractivity contribution < 1.29 is 14.6 Å². The molecule has 0 fully saturated rings. The average Bonchev–Trinajstić information content (AvgIpc) is 2.54. The largest absolute Gasteiger partial charge is 0.447 e. The summed E-state index contributed by atoms with van der Waals surface area (Å²) in [5.41, 5.74) is 2.30. The van der Waals surface area contributed by atoms with E-state index in [0.29, 0.717) is 5.69 Å². The highest BCUT2D eigenvalue weighted by Gasteiger charge is 2.15. The van der Waals surface area contributed by atoms with Gasteiger partial charge in [0.25, 0.3) is 0 Å². The van der Waals surface area contributed by atoms with E-state index in [1.165, 1.54) is 0 Å². The van der Waals surface area contributed by atoms with Crippen molar-refractivity contribution in [2.24, 2.45) is 0 Å². The second-order valence-electron chi connectivity index (χ2n) is 4.07. The number of carbonyl (C=O) groups is 1. The van der Waals surface area contributed by atoms with Crippen molar-refractivity contribution in [2.75, 3.05) is 18.5 Å². The molecule has 1 rings (SSSR count). The molecule has 1 amide bonds. The van der Waals surface area contributed by atoms with Crippen LogP contribution in [0.3, 0.4) is 0 Å². The first kappa shape index (κ1) is 13.5. The van der Waals surface area contributed by atoms with E-state index < -0.39 is 6.09 Å². The zero-order chi connectivity index (χ0) is 13.0. The molecule has 1 aromatic heterocycles. The van der Waals surface area contributed by atoms with Gasteiger partial charge in [0.1, 0.15) is 6.61 Å². The minimum atomic E-state index is -0.575. The molecule has 17 heavy (non-hydrogen) atoms. The van der Waals surface area contributed by atoms with Crippen LogP contribution in [0.2, 0.25) is 0 Å². The lowest BCUT2D eigenvalue weighted by Crippen LogP contribution is -2.16. The topological polar surface area (TPSA) is 76.4 Å². The molecule has 0 atom stereocenters. The molecule has 0 saturated heterocycles. The van der Waals surface area contributed by atoms with Gasteiger partial charge in [-0.1, -0.05) is 0 Å². The Morgan fingerprint density at radius 1 is 1.53 bits per heavy atom. The third-order valence-electron chi connectivity index (χ3n) is 2.37. The van der Waals surface area contributed by atoms with Gasteiger partial charge in [0.2, 0.25) is 0 Å². The summed E-state index contributed by atoms with van der Waals surface area (Å²) in [6.45, 7) is 7.56. The summed E-state index contributed by atoms with van der Waals surface area (Å²) >= 11 is 0. The minimum Gasteiger partial charge on any atom is -0.447 e. The fourth-order valence-electron chi connectivity index (χ4n) is 1.62. The Morgan fingerprint density at radius 2 is 2.18 bits per heavy atom. The molecule has 0 aliphatic rings. The van der Waals surface area contributed by atoms with E-state index in [1.54, 1.807) is 0 Å². The lowest BCUT2D eigenvalue weighted by Gasteiger charge is -2.09. The first-order chi connectivity index (χ1) is 7.97. The normalized spacial score (nSPS) is 10.7. The van der Waals surface area contributed by atoms with Crippen molar-refractivity contribution in [3.05, 3.63) is 11.4 Å². The van der Waals surface area contributed by atoms with E-state index >= 15 is 0 Å². The van der Waals surface area contributed by atoms with Crippen LogP contribution in [0.5, 0.6) is 0 Å². The lowest BCUT2D eigenvalue weighted by molar-refractivity contribution is 0.131. The Labute approximate surface area is 101 Å². The summed E-state index contributed by atoms with van der Waals surface area (Å²) in [4.78, 5) is 11.4. The molecule has 0 saturated carbocycles. The van der Waals surface area contributed by atoms with Gasteiger partial charge in [-0.15, -0.1) is 0 Å². The molecular weight excluding hydrogens is 222 g/mol. The maximum absolute atomic E-state index is 11.4. The highest BCUT2D eigenvalue weighted by molar-refractivity contribution is 5.86. The molecule has 6 nitrogen and oxygen atoms in total. The summed E-state index contributed by atoms with van der Waals surface area (Å²) in [6, 6.07) is 0.234. The molecule has 1 aromatic rings. The smallest absolute Gasteiger partial charge is 0.411 e. The third-order valence-corrected chi connectivity index (χ3v) is 2.37. The van der Waals surface area contributed by atoms with Crippen LogP contribution in [-0.4, -0.2) is 34.2 Å². The predicted octanol–water partition coefficient (Wildman–Crippen LogP) is 1.62. The Kier molecular flexibility index (Phi) is 4.51. The van der Waals surface area contributed by atoms with Gasteiger partial charge in [-0.2, -0.15) is 5.10 Å². The summed E-state index contributed by atoms with van der Waals surface area (Å²) in [5, 5.41) is 15.5. The van der Waals surface area contributed by atoms with Crippen LogP contribution in [0, 0.1) is 13.8 Å². The molecule has 0 aliphatic heterocycles. The summed E-state index contributed by atoms with van der Waals surface area (Å²) in [7, 11) is 0. The number of aliphatic hydroxyl groups excluding tert-OH is 1. The molecule has 0 spiro atoms.